The Hall–Kier alpha value is -0.570. The zero-order valence-corrected chi connectivity index (χ0v) is 10.2. The van der Waals surface area contributed by atoms with E-state index in [1.807, 2.05) is 30.3 Å². The van der Waals surface area contributed by atoms with Gasteiger partial charge in [-0.3, -0.25) is 4.98 Å². The number of nitrogens with zero attached hydrogens (tertiary/aromatic N) is 1. The molecule has 0 fully saturated rings. The summed E-state index contributed by atoms with van der Waals surface area (Å²) >= 11 is 13.6. The van der Waals surface area contributed by atoms with Crippen LogP contribution < -0.4 is 0 Å². The molecule has 1 nitrogen and oxygen atoms in total. The number of rotatable bonds is 3. The van der Waals surface area contributed by atoms with E-state index >= 15 is 0 Å². The van der Waals surface area contributed by atoms with Gasteiger partial charge in [-0.15, -0.1) is 22.9 Å². The molecule has 2 rings (SSSR count). The van der Waals surface area contributed by atoms with E-state index in [0.29, 0.717) is 0 Å². The van der Waals surface area contributed by atoms with Gasteiger partial charge in [-0.1, -0.05) is 17.7 Å². The summed E-state index contributed by atoms with van der Waals surface area (Å²) in [7, 11) is 0. The first kappa shape index (κ1) is 10.9. The molecule has 0 spiro atoms. The maximum Gasteiger partial charge on any atom is 0.0931 e. The van der Waals surface area contributed by atoms with Crippen LogP contribution in [0.4, 0.5) is 0 Å². The molecule has 0 amide bonds. The number of hydrogen-bond acceptors (Lipinski definition) is 2. The Kier molecular flexibility index (Phi) is 3.62. The lowest BCUT2D eigenvalue weighted by Crippen LogP contribution is -1.95. The fourth-order valence-corrected chi connectivity index (χ4v) is 2.70. The Balaban J connectivity index is 2.07. The van der Waals surface area contributed by atoms with Crippen LogP contribution in [-0.2, 0) is 6.42 Å². The number of halogens is 2. The third-order valence-electron chi connectivity index (χ3n) is 2.02. The van der Waals surface area contributed by atoms with Gasteiger partial charge in [-0.25, -0.2) is 0 Å². The second-order valence-electron chi connectivity index (χ2n) is 3.13. The molecule has 0 saturated carbocycles. The van der Waals surface area contributed by atoms with E-state index < -0.39 is 0 Å². The van der Waals surface area contributed by atoms with Gasteiger partial charge in [0.2, 0.25) is 0 Å². The molecule has 0 aromatic carbocycles. The highest BCUT2D eigenvalue weighted by Crippen LogP contribution is 2.32. The van der Waals surface area contributed by atoms with E-state index in [0.717, 1.165) is 21.3 Å². The van der Waals surface area contributed by atoms with E-state index in [4.69, 9.17) is 23.2 Å². The Morgan fingerprint density at radius 1 is 1.27 bits per heavy atom. The molecule has 4 heteroatoms. The van der Waals surface area contributed by atoms with Crippen LogP contribution in [0.1, 0.15) is 15.9 Å². The minimum absolute atomic E-state index is 0.0441. The first-order valence-electron chi connectivity index (χ1n) is 4.55. The minimum Gasteiger partial charge on any atom is -0.261 e. The number of aromatic nitrogens is 1. The lowest BCUT2D eigenvalue weighted by molar-refractivity contribution is 0.896. The van der Waals surface area contributed by atoms with Crippen LogP contribution in [0.15, 0.2) is 36.5 Å². The summed E-state index contributed by atoms with van der Waals surface area (Å²) in [6, 6.07) is 9.68. The summed E-state index contributed by atoms with van der Waals surface area (Å²) in [6.45, 7) is 0. The van der Waals surface area contributed by atoms with Crippen molar-refractivity contribution in [2.24, 2.45) is 0 Å². The SMILES string of the molecule is Clc1ccc(C(Cl)Cc2ccccn2)s1. The summed E-state index contributed by atoms with van der Waals surface area (Å²) < 4.78 is 0.775. The van der Waals surface area contributed by atoms with Gasteiger partial charge in [-0.05, 0) is 24.3 Å². The molecule has 0 saturated heterocycles. The summed E-state index contributed by atoms with van der Waals surface area (Å²) in [6.07, 6.45) is 2.51. The van der Waals surface area contributed by atoms with Crippen molar-refractivity contribution >= 4 is 34.5 Å². The standard InChI is InChI=1S/C11H9Cl2NS/c12-9(10-4-5-11(13)15-10)7-8-3-1-2-6-14-8/h1-6,9H,7H2. The third-order valence-corrected chi connectivity index (χ3v) is 3.88. The quantitative estimate of drug-likeness (QED) is 0.747. The van der Waals surface area contributed by atoms with E-state index in [1.54, 1.807) is 6.20 Å². The van der Waals surface area contributed by atoms with Crippen molar-refractivity contribution in [3.8, 4) is 0 Å². The average molecular weight is 258 g/mol. The van der Waals surface area contributed by atoms with Gasteiger partial charge in [0.05, 0.1) is 9.71 Å². The molecule has 0 bridgehead atoms. The van der Waals surface area contributed by atoms with Gasteiger partial charge in [-0.2, -0.15) is 0 Å². The van der Waals surface area contributed by atoms with Crippen molar-refractivity contribution < 1.29 is 0 Å². The van der Waals surface area contributed by atoms with Gasteiger partial charge < -0.3 is 0 Å². The van der Waals surface area contributed by atoms with Crippen molar-refractivity contribution in [3.63, 3.8) is 0 Å². The zero-order chi connectivity index (χ0) is 10.7. The molecule has 2 aromatic heterocycles. The van der Waals surface area contributed by atoms with Gasteiger partial charge in [0, 0.05) is 23.2 Å². The summed E-state index contributed by atoms with van der Waals surface area (Å²) in [5.41, 5.74) is 1.00. The van der Waals surface area contributed by atoms with Crippen molar-refractivity contribution in [1.29, 1.82) is 0 Å². The maximum atomic E-state index is 6.27. The van der Waals surface area contributed by atoms with Crippen LogP contribution in [0.25, 0.3) is 0 Å². The Morgan fingerprint density at radius 2 is 2.13 bits per heavy atom. The number of alkyl halides is 1. The third kappa shape index (κ3) is 2.94. The summed E-state index contributed by atoms with van der Waals surface area (Å²) in [5, 5.41) is -0.0441. The van der Waals surface area contributed by atoms with E-state index in [2.05, 4.69) is 4.98 Å². The monoisotopic (exact) mass is 257 g/mol. The lowest BCUT2D eigenvalue weighted by atomic mass is 10.2. The average Bonchev–Trinajstić information content (AvgIpc) is 2.66. The smallest absolute Gasteiger partial charge is 0.0931 e. The largest absolute Gasteiger partial charge is 0.261 e. The topological polar surface area (TPSA) is 12.9 Å². The second kappa shape index (κ2) is 4.97. The van der Waals surface area contributed by atoms with Gasteiger partial charge >= 0.3 is 0 Å². The predicted molar refractivity (Wildman–Crippen MR) is 65.9 cm³/mol. The molecule has 15 heavy (non-hydrogen) atoms. The number of hydrogen-bond donors (Lipinski definition) is 0. The Morgan fingerprint density at radius 3 is 2.73 bits per heavy atom. The fraction of sp³-hybridized carbons (Fsp3) is 0.182. The molecule has 0 aliphatic rings. The van der Waals surface area contributed by atoms with Crippen molar-refractivity contribution in [2.75, 3.05) is 0 Å². The normalized spacial score (nSPS) is 12.7. The molecule has 0 radical (unpaired) electrons. The van der Waals surface area contributed by atoms with Crippen LogP contribution in [0, 0.1) is 0 Å². The van der Waals surface area contributed by atoms with E-state index in [1.165, 1.54) is 11.3 Å². The van der Waals surface area contributed by atoms with Crippen molar-refractivity contribution in [2.45, 2.75) is 11.8 Å². The van der Waals surface area contributed by atoms with Crippen LogP contribution in [0.3, 0.4) is 0 Å². The highest BCUT2D eigenvalue weighted by atomic mass is 35.5. The number of thiophene rings is 1. The molecular formula is C11H9Cl2NS. The van der Waals surface area contributed by atoms with Crippen LogP contribution in [0.2, 0.25) is 4.34 Å². The number of pyridine rings is 1. The Labute approximate surface area is 103 Å². The molecule has 0 aliphatic heterocycles. The second-order valence-corrected chi connectivity index (χ2v) is 5.41. The highest BCUT2D eigenvalue weighted by Gasteiger charge is 2.11. The molecule has 2 heterocycles. The maximum absolute atomic E-state index is 6.27. The molecule has 1 unspecified atom stereocenters. The molecular weight excluding hydrogens is 249 g/mol. The van der Waals surface area contributed by atoms with Gasteiger partial charge in [0.1, 0.15) is 0 Å². The zero-order valence-electron chi connectivity index (χ0n) is 7.86. The molecule has 0 aliphatic carbocycles. The summed E-state index contributed by atoms with van der Waals surface area (Å²) in [4.78, 5) is 5.33. The highest BCUT2D eigenvalue weighted by molar-refractivity contribution is 7.16. The molecule has 1 atom stereocenters. The fourth-order valence-electron chi connectivity index (χ4n) is 1.30. The van der Waals surface area contributed by atoms with Crippen LogP contribution in [-0.4, -0.2) is 4.98 Å². The predicted octanol–water partition coefficient (Wildman–Crippen LogP) is 4.32. The van der Waals surface area contributed by atoms with Crippen molar-refractivity contribution in [1.82, 2.24) is 4.98 Å². The van der Waals surface area contributed by atoms with Gasteiger partial charge in [0.15, 0.2) is 0 Å². The first-order valence-corrected chi connectivity index (χ1v) is 6.18. The van der Waals surface area contributed by atoms with Crippen molar-refractivity contribution in [3.05, 3.63) is 51.4 Å². The molecule has 2 aromatic rings. The first-order chi connectivity index (χ1) is 7.25. The van der Waals surface area contributed by atoms with Gasteiger partial charge in [0.25, 0.3) is 0 Å². The van der Waals surface area contributed by atoms with Crippen LogP contribution in [0.5, 0.6) is 0 Å². The van der Waals surface area contributed by atoms with E-state index in [9.17, 15) is 0 Å². The summed E-state index contributed by atoms with van der Waals surface area (Å²) in [5.74, 6) is 0. The molecule has 78 valence electrons. The van der Waals surface area contributed by atoms with Crippen LogP contribution >= 0.6 is 34.5 Å². The lowest BCUT2D eigenvalue weighted by Gasteiger charge is -2.05. The molecule has 0 N–H and O–H groups in total. The minimum atomic E-state index is -0.0441. The Bertz CT molecular complexity index is 427. The van der Waals surface area contributed by atoms with E-state index in [-0.39, 0.29) is 5.38 Å².